The first-order valence-electron chi connectivity index (χ1n) is 6.23. The third-order valence-corrected chi connectivity index (χ3v) is 5.39. The van der Waals surface area contributed by atoms with Crippen molar-refractivity contribution in [3.8, 4) is 5.75 Å². The van der Waals surface area contributed by atoms with Gasteiger partial charge in [0.25, 0.3) is 0 Å². The van der Waals surface area contributed by atoms with Gasteiger partial charge < -0.3 is 4.74 Å². The molecule has 0 unspecified atom stereocenters. The highest BCUT2D eigenvalue weighted by molar-refractivity contribution is 9.12. The van der Waals surface area contributed by atoms with Crippen molar-refractivity contribution in [2.24, 2.45) is 0 Å². The fraction of sp³-hybridized carbons (Fsp3) is 0.0625. The van der Waals surface area contributed by atoms with Gasteiger partial charge in [-0.15, -0.1) is 11.3 Å². The minimum atomic E-state index is -0.0445. The van der Waals surface area contributed by atoms with E-state index in [4.69, 9.17) is 4.74 Å². The zero-order valence-corrected chi connectivity index (χ0v) is 14.8. The van der Waals surface area contributed by atoms with Gasteiger partial charge in [-0.25, -0.2) is 0 Å². The van der Waals surface area contributed by atoms with E-state index in [1.807, 2.05) is 42.5 Å². The van der Waals surface area contributed by atoms with Gasteiger partial charge in [-0.05, 0) is 60.8 Å². The molecule has 0 atom stereocenters. The fourth-order valence-electron chi connectivity index (χ4n) is 2.01. The lowest BCUT2D eigenvalue weighted by Crippen LogP contribution is -2.11. The van der Waals surface area contributed by atoms with Crippen LogP contribution in [0.2, 0.25) is 0 Å². The Morgan fingerprint density at radius 3 is 2.52 bits per heavy atom. The van der Waals surface area contributed by atoms with E-state index >= 15 is 0 Å². The summed E-state index contributed by atoms with van der Waals surface area (Å²) in [4.78, 5) is 12.1. The molecule has 0 aliphatic carbocycles. The quantitative estimate of drug-likeness (QED) is 0.502. The summed E-state index contributed by atoms with van der Waals surface area (Å²) >= 11 is 8.24. The molecule has 0 spiro atoms. The molecule has 0 radical (unpaired) electrons. The molecule has 21 heavy (non-hydrogen) atoms. The van der Waals surface area contributed by atoms with Gasteiger partial charge in [-0.1, -0.05) is 30.3 Å². The Morgan fingerprint density at radius 2 is 1.81 bits per heavy atom. The van der Waals surface area contributed by atoms with Gasteiger partial charge in [0.05, 0.1) is 7.57 Å². The second-order valence-electron chi connectivity index (χ2n) is 4.46. The number of halogens is 2. The van der Waals surface area contributed by atoms with Gasteiger partial charge >= 0.3 is 0 Å². The maximum absolute atomic E-state index is 12.1. The smallest absolute Gasteiger partial charge is 0.202 e. The SMILES string of the molecule is O=C(COc1ccc2ccccc2c1)c1cc(Br)sc1Br. The largest absolute Gasteiger partial charge is 0.485 e. The first-order valence-corrected chi connectivity index (χ1v) is 8.63. The molecule has 0 fully saturated rings. The lowest BCUT2D eigenvalue weighted by molar-refractivity contribution is 0.0921. The highest BCUT2D eigenvalue weighted by atomic mass is 79.9. The van der Waals surface area contributed by atoms with Crippen LogP contribution in [0.4, 0.5) is 0 Å². The van der Waals surface area contributed by atoms with Crippen molar-refractivity contribution < 1.29 is 9.53 Å². The summed E-state index contributed by atoms with van der Waals surface area (Å²) < 4.78 is 7.35. The molecule has 1 heterocycles. The van der Waals surface area contributed by atoms with E-state index in [1.54, 1.807) is 6.07 Å². The van der Waals surface area contributed by atoms with E-state index in [1.165, 1.54) is 11.3 Å². The summed E-state index contributed by atoms with van der Waals surface area (Å²) in [5, 5.41) is 2.25. The Hall–Kier alpha value is -1.17. The van der Waals surface area contributed by atoms with Crippen LogP contribution in [0.25, 0.3) is 10.8 Å². The molecule has 0 N–H and O–H groups in total. The number of ketones is 1. The predicted molar refractivity (Wildman–Crippen MR) is 93.5 cm³/mol. The number of benzene rings is 2. The fourth-order valence-corrected chi connectivity index (χ4v) is 4.87. The number of hydrogen-bond acceptors (Lipinski definition) is 3. The molecule has 0 aliphatic rings. The first kappa shape index (κ1) is 14.8. The van der Waals surface area contributed by atoms with Crippen LogP contribution in [-0.2, 0) is 0 Å². The van der Waals surface area contributed by atoms with E-state index in [0.29, 0.717) is 11.3 Å². The summed E-state index contributed by atoms with van der Waals surface area (Å²) in [5.74, 6) is 0.657. The number of hydrogen-bond donors (Lipinski definition) is 0. The molecule has 0 amide bonds. The van der Waals surface area contributed by atoms with Crippen molar-refractivity contribution in [3.05, 3.63) is 61.7 Å². The molecule has 0 saturated heterocycles. The Labute approximate surface area is 143 Å². The summed E-state index contributed by atoms with van der Waals surface area (Å²) in [6.45, 7) is 0.0279. The first-order chi connectivity index (χ1) is 10.1. The standard InChI is InChI=1S/C16H10Br2O2S/c17-15-8-13(16(18)21-15)14(19)9-20-12-6-5-10-3-1-2-4-11(10)7-12/h1-8H,9H2. The maximum atomic E-state index is 12.1. The molecule has 3 rings (SSSR count). The van der Waals surface area contributed by atoms with Crippen LogP contribution in [-0.4, -0.2) is 12.4 Å². The number of Topliss-reactive ketones (excluding diaryl/α,β-unsaturated/α-hetero) is 1. The van der Waals surface area contributed by atoms with E-state index in [-0.39, 0.29) is 12.4 Å². The van der Waals surface area contributed by atoms with Crippen molar-refractivity contribution >= 4 is 59.8 Å². The monoisotopic (exact) mass is 424 g/mol. The molecule has 106 valence electrons. The average Bonchev–Trinajstić information content (AvgIpc) is 2.83. The Kier molecular flexibility index (Phi) is 4.42. The van der Waals surface area contributed by atoms with Crippen molar-refractivity contribution in [2.75, 3.05) is 6.61 Å². The lowest BCUT2D eigenvalue weighted by atomic mass is 10.1. The second kappa shape index (κ2) is 6.30. The Balaban J connectivity index is 1.74. The molecule has 5 heteroatoms. The molecular weight excluding hydrogens is 416 g/mol. The van der Waals surface area contributed by atoms with E-state index in [2.05, 4.69) is 31.9 Å². The minimum Gasteiger partial charge on any atom is -0.485 e. The van der Waals surface area contributed by atoms with Crippen LogP contribution in [0, 0.1) is 0 Å². The minimum absolute atomic E-state index is 0.0279. The zero-order valence-electron chi connectivity index (χ0n) is 10.8. The van der Waals surface area contributed by atoms with Gasteiger partial charge in [0.2, 0.25) is 5.78 Å². The van der Waals surface area contributed by atoms with Crippen LogP contribution in [0.1, 0.15) is 10.4 Å². The molecule has 3 aromatic rings. The third-order valence-electron chi connectivity index (χ3n) is 3.05. The van der Waals surface area contributed by atoms with Crippen LogP contribution in [0.15, 0.2) is 56.1 Å². The molecule has 2 nitrogen and oxygen atoms in total. The number of thiophene rings is 1. The number of rotatable bonds is 4. The van der Waals surface area contributed by atoms with E-state index in [0.717, 1.165) is 18.3 Å². The summed E-state index contributed by atoms with van der Waals surface area (Å²) in [6, 6.07) is 15.7. The topological polar surface area (TPSA) is 26.3 Å². The molecular formula is C16H10Br2O2S. The molecule has 1 aromatic heterocycles. The number of fused-ring (bicyclic) bond motifs is 1. The lowest BCUT2D eigenvalue weighted by Gasteiger charge is -2.06. The van der Waals surface area contributed by atoms with Crippen molar-refractivity contribution in [1.29, 1.82) is 0 Å². The molecule has 0 saturated carbocycles. The van der Waals surface area contributed by atoms with E-state index in [9.17, 15) is 4.79 Å². The second-order valence-corrected chi connectivity index (χ2v) is 8.21. The van der Waals surface area contributed by atoms with Crippen LogP contribution in [0.3, 0.4) is 0 Å². The van der Waals surface area contributed by atoms with Crippen LogP contribution >= 0.6 is 43.2 Å². The molecule has 0 aliphatic heterocycles. The molecule has 0 bridgehead atoms. The van der Waals surface area contributed by atoms with Crippen molar-refractivity contribution in [3.63, 3.8) is 0 Å². The van der Waals surface area contributed by atoms with Crippen LogP contribution < -0.4 is 4.74 Å². The van der Waals surface area contributed by atoms with Gasteiger partial charge in [0, 0.05) is 5.56 Å². The van der Waals surface area contributed by atoms with Crippen molar-refractivity contribution in [1.82, 2.24) is 0 Å². The van der Waals surface area contributed by atoms with Gasteiger partial charge in [0.15, 0.2) is 6.61 Å². The maximum Gasteiger partial charge on any atom is 0.202 e. The van der Waals surface area contributed by atoms with Crippen molar-refractivity contribution in [2.45, 2.75) is 0 Å². The average molecular weight is 426 g/mol. The van der Waals surface area contributed by atoms with Gasteiger partial charge in [0.1, 0.15) is 5.75 Å². The highest BCUT2D eigenvalue weighted by Gasteiger charge is 2.14. The highest BCUT2D eigenvalue weighted by Crippen LogP contribution is 2.32. The van der Waals surface area contributed by atoms with E-state index < -0.39 is 0 Å². The van der Waals surface area contributed by atoms with Gasteiger partial charge in [-0.2, -0.15) is 0 Å². The molecule has 2 aromatic carbocycles. The summed E-state index contributed by atoms with van der Waals surface area (Å²) in [7, 11) is 0. The Bertz CT molecular complexity index is 811. The Morgan fingerprint density at radius 1 is 1.05 bits per heavy atom. The summed E-state index contributed by atoms with van der Waals surface area (Å²) in [6.07, 6.45) is 0. The van der Waals surface area contributed by atoms with Gasteiger partial charge in [-0.3, -0.25) is 4.79 Å². The third kappa shape index (κ3) is 3.36. The number of carbonyl (C=O) groups is 1. The number of carbonyl (C=O) groups excluding carboxylic acids is 1. The number of ether oxygens (including phenoxy) is 1. The normalized spacial score (nSPS) is 10.8. The predicted octanol–water partition coefficient (Wildman–Crippen LogP) is 5.69. The van der Waals surface area contributed by atoms with Crippen LogP contribution in [0.5, 0.6) is 5.75 Å². The zero-order chi connectivity index (χ0) is 14.8. The summed E-state index contributed by atoms with van der Waals surface area (Å²) in [5.41, 5.74) is 0.646.